The first-order valence-electron chi connectivity index (χ1n) is 6.81. The van der Waals surface area contributed by atoms with Crippen LogP contribution >= 0.6 is 0 Å². The molecule has 2 fully saturated rings. The molecule has 0 bridgehead atoms. The molecule has 1 spiro atoms. The van der Waals surface area contributed by atoms with E-state index in [2.05, 4.69) is 5.32 Å². The standard InChI is InChI=1S/C13H25NO3/c15-8-13(9-16,10-17)14-11-4-7-12(11)5-2-1-3-6-12/h11,14-17H,1-10H2. The molecule has 1 unspecified atom stereocenters. The van der Waals surface area contributed by atoms with E-state index < -0.39 is 5.54 Å². The van der Waals surface area contributed by atoms with Crippen molar-refractivity contribution in [2.45, 2.75) is 56.5 Å². The molecule has 17 heavy (non-hydrogen) atoms. The highest BCUT2D eigenvalue weighted by atomic mass is 16.3. The highest BCUT2D eigenvalue weighted by Gasteiger charge is 2.49. The SMILES string of the molecule is OCC(CO)(CO)NC1CCC12CCCCC2. The molecule has 0 aromatic rings. The van der Waals surface area contributed by atoms with Crippen LogP contribution in [0.5, 0.6) is 0 Å². The third-order valence-corrected chi connectivity index (χ3v) is 4.91. The van der Waals surface area contributed by atoms with Crippen molar-refractivity contribution in [3.05, 3.63) is 0 Å². The van der Waals surface area contributed by atoms with E-state index in [0.717, 1.165) is 6.42 Å². The predicted molar refractivity (Wildman–Crippen MR) is 65.7 cm³/mol. The number of aliphatic hydroxyl groups is 3. The zero-order valence-corrected chi connectivity index (χ0v) is 10.5. The van der Waals surface area contributed by atoms with Crippen molar-refractivity contribution in [3.8, 4) is 0 Å². The first-order valence-corrected chi connectivity index (χ1v) is 6.81. The van der Waals surface area contributed by atoms with E-state index in [9.17, 15) is 15.3 Å². The fourth-order valence-electron chi connectivity index (χ4n) is 3.43. The van der Waals surface area contributed by atoms with Crippen LogP contribution in [0, 0.1) is 5.41 Å². The van der Waals surface area contributed by atoms with Crippen LogP contribution in [0.3, 0.4) is 0 Å². The molecule has 1 atom stereocenters. The molecule has 0 radical (unpaired) electrons. The summed E-state index contributed by atoms with van der Waals surface area (Å²) in [7, 11) is 0. The molecule has 2 aliphatic carbocycles. The van der Waals surface area contributed by atoms with Crippen LogP contribution < -0.4 is 5.32 Å². The lowest BCUT2D eigenvalue weighted by Gasteiger charge is -2.55. The maximum atomic E-state index is 9.35. The molecule has 0 aliphatic heterocycles. The molecular weight excluding hydrogens is 218 g/mol. The lowest BCUT2D eigenvalue weighted by molar-refractivity contribution is -0.0356. The van der Waals surface area contributed by atoms with Gasteiger partial charge in [-0.15, -0.1) is 0 Å². The van der Waals surface area contributed by atoms with E-state index in [1.165, 1.54) is 38.5 Å². The molecule has 4 nitrogen and oxygen atoms in total. The third-order valence-electron chi connectivity index (χ3n) is 4.91. The van der Waals surface area contributed by atoms with Gasteiger partial charge in [-0.05, 0) is 31.1 Å². The summed E-state index contributed by atoms with van der Waals surface area (Å²) in [5.41, 5.74) is -0.529. The Bertz CT molecular complexity index is 239. The Hall–Kier alpha value is -0.160. The normalized spacial score (nSPS) is 28.1. The summed E-state index contributed by atoms with van der Waals surface area (Å²) in [4.78, 5) is 0. The van der Waals surface area contributed by atoms with Gasteiger partial charge in [-0.25, -0.2) is 0 Å². The smallest absolute Gasteiger partial charge is 0.0883 e. The molecular formula is C13H25NO3. The lowest BCUT2D eigenvalue weighted by atomic mass is 9.57. The quantitative estimate of drug-likeness (QED) is 0.564. The fraction of sp³-hybridized carbons (Fsp3) is 1.00. The van der Waals surface area contributed by atoms with Crippen molar-refractivity contribution in [3.63, 3.8) is 0 Å². The summed E-state index contributed by atoms with van der Waals surface area (Å²) >= 11 is 0. The molecule has 0 aromatic carbocycles. The zero-order valence-electron chi connectivity index (χ0n) is 10.5. The van der Waals surface area contributed by atoms with Gasteiger partial charge in [-0.3, -0.25) is 0 Å². The molecule has 0 aromatic heterocycles. The van der Waals surface area contributed by atoms with Crippen LogP contribution in [0.25, 0.3) is 0 Å². The number of rotatable bonds is 5. The lowest BCUT2D eigenvalue weighted by Crippen LogP contribution is -2.65. The highest BCUT2D eigenvalue weighted by molar-refractivity contribution is 5.05. The number of nitrogens with one attached hydrogen (secondary N) is 1. The second-order valence-electron chi connectivity index (χ2n) is 5.91. The molecule has 100 valence electrons. The maximum absolute atomic E-state index is 9.35. The second-order valence-corrected chi connectivity index (χ2v) is 5.91. The van der Waals surface area contributed by atoms with Gasteiger partial charge in [-0.1, -0.05) is 19.3 Å². The molecule has 2 saturated carbocycles. The van der Waals surface area contributed by atoms with E-state index in [4.69, 9.17) is 0 Å². The Morgan fingerprint density at radius 3 is 1.94 bits per heavy atom. The third kappa shape index (κ3) is 2.36. The first kappa shape index (κ1) is 13.3. The zero-order chi connectivity index (χ0) is 12.4. The van der Waals surface area contributed by atoms with Crippen LogP contribution in [-0.2, 0) is 0 Å². The summed E-state index contributed by atoms with van der Waals surface area (Å²) in [6.07, 6.45) is 8.78. The summed E-state index contributed by atoms with van der Waals surface area (Å²) in [6.45, 7) is -0.647. The van der Waals surface area contributed by atoms with Gasteiger partial charge >= 0.3 is 0 Å². The van der Waals surface area contributed by atoms with E-state index in [1.807, 2.05) is 0 Å². The Balaban J connectivity index is 1.98. The summed E-state index contributed by atoms with van der Waals surface area (Å²) in [5, 5.41) is 31.4. The van der Waals surface area contributed by atoms with Crippen LogP contribution in [-0.4, -0.2) is 46.7 Å². The van der Waals surface area contributed by atoms with E-state index in [1.54, 1.807) is 0 Å². The van der Waals surface area contributed by atoms with Gasteiger partial charge in [0.25, 0.3) is 0 Å². The minimum atomic E-state index is -0.907. The Labute approximate surface area is 103 Å². The number of aliphatic hydroxyl groups excluding tert-OH is 3. The highest BCUT2D eigenvalue weighted by Crippen LogP contribution is 2.52. The largest absolute Gasteiger partial charge is 0.394 e. The molecule has 2 aliphatic rings. The molecule has 0 amide bonds. The molecule has 0 heterocycles. The van der Waals surface area contributed by atoms with Crippen molar-refractivity contribution in [1.29, 1.82) is 0 Å². The van der Waals surface area contributed by atoms with Gasteiger partial charge in [0.05, 0.1) is 25.4 Å². The van der Waals surface area contributed by atoms with Gasteiger partial charge in [0.2, 0.25) is 0 Å². The Kier molecular flexibility index (Phi) is 4.08. The minimum absolute atomic E-state index is 0.216. The maximum Gasteiger partial charge on any atom is 0.0883 e. The van der Waals surface area contributed by atoms with Gasteiger partial charge in [0, 0.05) is 6.04 Å². The summed E-state index contributed by atoms with van der Waals surface area (Å²) in [6, 6.07) is 0.356. The predicted octanol–water partition coefficient (Wildman–Crippen LogP) is 0.405. The molecule has 4 heteroatoms. The van der Waals surface area contributed by atoms with Crippen LogP contribution in [0.1, 0.15) is 44.9 Å². The van der Waals surface area contributed by atoms with Crippen molar-refractivity contribution in [1.82, 2.24) is 5.32 Å². The van der Waals surface area contributed by atoms with Crippen molar-refractivity contribution >= 4 is 0 Å². The van der Waals surface area contributed by atoms with Crippen molar-refractivity contribution in [2.75, 3.05) is 19.8 Å². The fourth-order valence-corrected chi connectivity index (χ4v) is 3.43. The average molecular weight is 243 g/mol. The summed E-state index contributed by atoms with van der Waals surface area (Å²) in [5.74, 6) is 0. The first-order chi connectivity index (χ1) is 8.20. The van der Waals surface area contributed by atoms with Crippen LogP contribution in [0.2, 0.25) is 0 Å². The Morgan fingerprint density at radius 1 is 0.941 bits per heavy atom. The Morgan fingerprint density at radius 2 is 1.53 bits per heavy atom. The summed E-state index contributed by atoms with van der Waals surface area (Å²) < 4.78 is 0. The van der Waals surface area contributed by atoms with Gasteiger partial charge in [0.15, 0.2) is 0 Å². The van der Waals surface area contributed by atoms with Crippen LogP contribution in [0.15, 0.2) is 0 Å². The minimum Gasteiger partial charge on any atom is -0.394 e. The topological polar surface area (TPSA) is 72.7 Å². The van der Waals surface area contributed by atoms with E-state index in [-0.39, 0.29) is 19.8 Å². The molecule has 2 rings (SSSR count). The monoisotopic (exact) mass is 243 g/mol. The van der Waals surface area contributed by atoms with Gasteiger partial charge in [0.1, 0.15) is 0 Å². The van der Waals surface area contributed by atoms with Gasteiger partial charge < -0.3 is 20.6 Å². The van der Waals surface area contributed by atoms with Crippen LogP contribution in [0.4, 0.5) is 0 Å². The van der Waals surface area contributed by atoms with E-state index in [0.29, 0.717) is 11.5 Å². The van der Waals surface area contributed by atoms with E-state index >= 15 is 0 Å². The van der Waals surface area contributed by atoms with Crippen molar-refractivity contribution in [2.24, 2.45) is 5.41 Å². The second kappa shape index (κ2) is 5.22. The van der Waals surface area contributed by atoms with Crippen molar-refractivity contribution < 1.29 is 15.3 Å². The number of hydrogen-bond acceptors (Lipinski definition) is 4. The molecule has 4 N–H and O–H groups in total. The molecule has 0 saturated heterocycles. The number of hydrogen-bond donors (Lipinski definition) is 4. The average Bonchev–Trinajstić information content (AvgIpc) is 2.41. The van der Waals surface area contributed by atoms with Gasteiger partial charge in [-0.2, -0.15) is 0 Å².